The third-order valence-corrected chi connectivity index (χ3v) is 5.18. The maximum Gasteiger partial charge on any atom is 0.262 e. The number of H-pyrrole nitrogens is 1. The van der Waals surface area contributed by atoms with E-state index in [4.69, 9.17) is 0 Å². The van der Waals surface area contributed by atoms with E-state index in [0.717, 1.165) is 21.5 Å². The molecule has 0 bridgehead atoms. The van der Waals surface area contributed by atoms with E-state index in [9.17, 15) is 4.79 Å². The predicted molar refractivity (Wildman–Crippen MR) is 103 cm³/mol. The Morgan fingerprint density at radius 2 is 1.84 bits per heavy atom. The molecule has 2 aromatic carbocycles. The highest BCUT2D eigenvalue weighted by atomic mass is 79.9. The van der Waals surface area contributed by atoms with Crippen molar-refractivity contribution in [2.75, 3.05) is 0 Å². The molecule has 0 aliphatic rings. The molecule has 0 aliphatic heterocycles. The van der Waals surface area contributed by atoms with Crippen LogP contribution in [-0.2, 0) is 5.75 Å². The lowest BCUT2D eigenvalue weighted by molar-refractivity contribution is 0.873. The molecule has 0 atom stereocenters. The van der Waals surface area contributed by atoms with Crippen molar-refractivity contribution >= 4 is 38.7 Å². The van der Waals surface area contributed by atoms with Crippen LogP contribution in [0.25, 0.3) is 16.7 Å². The zero-order valence-electron chi connectivity index (χ0n) is 13.0. The van der Waals surface area contributed by atoms with Gasteiger partial charge in [0.1, 0.15) is 5.39 Å². The molecule has 0 amide bonds. The standard InChI is InChI=1S/C18H13BrN4OS/c19-13-8-6-12(7-9-13)11-25-18-21-16-15(17(24)22-18)10-20-23(16)14-4-2-1-3-5-14/h1-10H,11H2,(H,21,22,24). The highest BCUT2D eigenvalue weighted by Crippen LogP contribution is 2.22. The van der Waals surface area contributed by atoms with E-state index >= 15 is 0 Å². The summed E-state index contributed by atoms with van der Waals surface area (Å²) in [4.78, 5) is 19.8. The molecule has 0 fully saturated rings. The number of hydrogen-bond acceptors (Lipinski definition) is 4. The van der Waals surface area contributed by atoms with E-state index in [1.807, 2.05) is 54.6 Å². The van der Waals surface area contributed by atoms with Crippen LogP contribution in [0.4, 0.5) is 0 Å². The molecule has 2 heterocycles. The van der Waals surface area contributed by atoms with Gasteiger partial charge in [-0.15, -0.1) is 0 Å². The fraction of sp³-hybridized carbons (Fsp3) is 0.0556. The van der Waals surface area contributed by atoms with Crippen molar-refractivity contribution in [1.29, 1.82) is 0 Å². The van der Waals surface area contributed by atoms with Gasteiger partial charge in [0.05, 0.1) is 11.9 Å². The van der Waals surface area contributed by atoms with Crippen LogP contribution in [0.1, 0.15) is 5.56 Å². The van der Waals surface area contributed by atoms with Crippen LogP contribution in [0.3, 0.4) is 0 Å². The number of halogens is 1. The van der Waals surface area contributed by atoms with Crippen molar-refractivity contribution in [3.05, 3.63) is 81.2 Å². The molecular weight excluding hydrogens is 400 g/mol. The Morgan fingerprint density at radius 1 is 1.08 bits per heavy atom. The van der Waals surface area contributed by atoms with Crippen LogP contribution in [0, 0.1) is 0 Å². The van der Waals surface area contributed by atoms with E-state index in [1.54, 1.807) is 10.9 Å². The van der Waals surface area contributed by atoms with Crippen molar-refractivity contribution < 1.29 is 0 Å². The molecule has 0 spiro atoms. The Kier molecular flexibility index (Phi) is 4.42. The number of nitrogens with one attached hydrogen (secondary N) is 1. The number of para-hydroxylation sites is 1. The summed E-state index contributed by atoms with van der Waals surface area (Å²) in [6.45, 7) is 0. The number of nitrogens with zero attached hydrogens (tertiary/aromatic N) is 3. The summed E-state index contributed by atoms with van der Waals surface area (Å²) in [6.07, 6.45) is 1.55. The molecule has 0 unspecified atom stereocenters. The summed E-state index contributed by atoms with van der Waals surface area (Å²) in [5, 5.41) is 5.38. The lowest BCUT2D eigenvalue weighted by atomic mass is 10.2. The summed E-state index contributed by atoms with van der Waals surface area (Å²) >= 11 is 4.92. The minimum Gasteiger partial charge on any atom is -0.301 e. The molecule has 1 N–H and O–H groups in total. The second-order valence-corrected chi connectivity index (χ2v) is 7.30. The summed E-state index contributed by atoms with van der Waals surface area (Å²) in [6, 6.07) is 17.8. The molecule has 0 saturated carbocycles. The van der Waals surface area contributed by atoms with E-state index in [-0.39, 0.29) is 5.56 Å². The Hall–Kier alpha value is -2.38. The van der Waals surface area contributed by atoms with Gasteiger partial charge in [-0.3, -0.25) is 4.79 Å². The van der Waals surface area contributed by atoms with Crippen LogP contribution in [0.2, 0.25) is 0 Å². The van der Waals surface area contributed by atoms with Gasteiger partial charge in [-0.1, -0.05) is 58.0 Å². The first-order valence-electron chi connectivity index (χ1n) is 7.61. The monoisotopic (exact) mass is 412 g/mol. The molecule has 4 aromatic rings. The maximum atomic E-state index is 12.3. The zero-order valence-corrected chi connectivity index (χ0v) is 15.4. The smallest absolute Gasteiger partial charge is 0.262 e. The SMILES string of the molecule is O=c1[nH]c(SCc2ccc(Br)cc2)nc2c1cnn2-c1ccccc1. The number of hydrogen-bond donors (Lipinski definition) is 1. The van der Waals surface area contributed by atoms with E-state index < -0.39 is 0 Å². The second-order valence-electron chi connectivity index (χ2n) is 5.42. The van der Waals surface area contributed by atoms with Crippen LogP contribution < -0.4 is 5.56 Å². The van der Waals surface area contributed by atoms with Gasteiger partial charge >= 0.3 is 0 Å². The number of fused-ring (bicyclic) bond motifs is 1. The third kappa shape index (κ3) is 3.38. The Labute approximate surface area is 156 Å². The fourth-order valence-corrected chi connectivity index (χ4v) is 3.53. The Bertz CT molecular complexity index is 1070. The topological polar surface area (TPSA) is 63.6 Å². The maximum absolute atomic E-state index is 12.3. The lowest BCUT2D eigenvalue weighted by Crippen LogP contribution is -2.09. The number of rotatable bonds is 4. The van der Waals surface area contributed by atoms with E-state index in [1.165, 1.54) is 11.8 Å². The van der Waals surface area contributed by atoms with Gasteiger partial charge in [0.15, 0.2) is 10.8 Å². The summed E-state index contributed by atoms with van der Waals surface area (Å²) in [7, 11) is 0. The van der Waals surface area contributed by atoms with Gasteiger partial charge in [-0.2, -0.15) is 5.10 Å². The van der Waals surface area contributed by atoms with E-state index in [0.29, 0.717) is 16.2 Å². The van der Waals surface area contributed by atoms with Crippen molar-refractivity contribution in [3.8, 4) is 5.69 Å². The minimum absolute atomic E-state index is 0.175. The van der Waals surface area contributed by atoms with Gasteiger partial charge in [-0.05, 0) is 29.8 Å². The number of benzene rings is 2. The summed E-state index contributed by atoms with van der Waals surface area (Å²) < 4.78 is 2.73. The first-order chi connectivity index (χ1) is 12.2. The molecule has 0 radical (unpaired) electrons. The molecule has 4 rings (SSSR count). The largest absolute Gasteiger partial charge is 0.301 e. The van der Waals surface area contributed by atoms with Gasteiger partial charge < -0.3 is 4.98 Å². The zero-order chi connectivity index (χ0) is 17.2. The first-order valence-corrected chi connectivity index (χ1v) is 9.39. The Balaban J connectivity index is 1.68. The first kappa shape index (κ1) is 16.1. The quantitative estimate of drug-likeness (QED) is 0.403. The summed E-state index contributed by atoms with van der Waals surface area (Å²) in [5.74, 6) is 0.723. The number of aromatic nitrogens is 4. The van der Waals surface area contributed by atoms with Gasteiger partial charge in [0.25, 0.3) is 5.56 Å². The lowest BCUT2D eigenvalue weighted by Gasteiger charge is -2.05. The molecule has 0 aliphatic carbocycles. The van der Waals surface area contributed by atoms with Gasteiger partial charge in [0, 0.05) is 10.2 Å². The molecule has 25 heavy (non-hydrogen) atoms. The van der Waals surface area contributed by atoms with Gasteiger partial charge in [-0.25, -0.2) is 9.67 Å². The Morgan fingerprint density at radius 3 is 2.60 bits per heavy atom. The number of thioether (sulfide) groups is 1. The van der Waals surface area contributed by atoms with Crippen molar-refractivity contribution in [1.82, 2.24) is 19.7 Å². The van der Waals surface area contributed by atoms with Gasteiger partial charge in [0.2, 0.25) is 0 Å². The highest BCUT2D eigenvalue weighted by molar-refractivity contribution is 9.10. The minimum atomic E-state index is -0.175. The fourth-order valence-electron chi connectivity index (χ4n) is 2.46. The van der Waals surface area contributed by atoms with Crippen LogP contribution >= 0.6 is 27.7 Å². The summed E-state index contributed by atoms with van der Waals surface area (Å²) in [5.41, 5.74) is 2.42. The molecule has 7 heteroatoms. The molecular formula is C18H13BrN4OS. The van der Waals surface area contributed by atoms with Crippen molar-refractivity contribution in [2.45, 2.75) is 10.9 Å². The average molecular weight is 413 g/mol. The van der Waals surface area contributed by atoms with Crippen LogP contribution in [0.5, 0.6) is 0 Å². The highest BCUT2D eigenvalue weighted by Gasteiger charge is 2.11. The molecule has 5 nitrogen and oxygen atoms in total. The molecule has 2 aromatic heterocycles. The van der Waals surface area contributed by atoms with E-state index in [2.05, 4.69) is 31.0 Å². The second kappa shape index (κ2) is 6.85. The van der Waals surface area contributed by atoms with Crippen LogP contribution in [-0.4, -0.2) is 19.7 Å². The van der Waals surface area contributed by atoms with Crippen molar-refractivity contribution in [2.24, 2.45) is 0 Å². The molecule has 124 valence electrons. The third-order valence-electron chi connectivity index (χ3n) is 3.71. The van der Waals surface area contributed by atoms with Crippen molar-refractivity contribution in [3.63, 3.8) is 0 Å². The molecule has 0 saturated heterocycles. The number of aromatic amines is 1. The normalized spacial score (nSPS) is 11.1. The van der Waals surface area contributed by atoms with Crippen LogP contribution in [0.15, 0.2) is 75.2 Å². The average Bonchev–Trinajstić information content (AvgIpc) is 3.06. The predicted octanol–water partition coefficient (Wildman–Crippen LogP) is 4.16.